The molecule has 0 N–H and O–H groups in total. The van der Waals surface area contributed by atoms with Gasteiger partial charge in [0.2, 0.25) is 0 Å². The van der Waals surface area contributed by atoms with Gasteiger partial charge in [0, 0.05) is 23.3 Å². The second-order valence-electron chi connectivity index (χ2n) is 3.52. The highest BCUT2D eigenvalue weighted by Crippen LogP contribution is 2.35. The highest BCUT2D eigenvalue weighted by Gasteiger charge is 2.48. The maximum atomic E-state index is 10.9. The number of thioether (sulfide) groups is 1. The van der Waals surface area contributed by atoms with Crippen LogP contribution in [0.4, 0.5) is 0 Å². The Morgan fingerprint density at radius 3 is 3.00 bits per heavy atom. The lowest BCUT2D eigenvalue weighted by Crippen LogP contribution is -2.34. The molecule has 2 saturated heterocycles. The van der Waals surface area contributed by atoms with Crippen LogP contribution < -0.4 is 0 Å². The lowest BCUT2D eigenvalue weighted by atomic mass is 10.1. The molecule has 2 fully saturated rings. The van der Waals surface area contributed by atoms with Crippen molar-refractivity contribution in [1.82, 2.24) is 0 Å². The fourth-order valence-corrected chi connectivity index (χ4v) is 3.07. The van der Waals surface area contributed by atoms with Crippen molar-refractivity contribution in [2.45, 2.75) is 31.3 Å². The van der Waals surface area contributed by atoms with E-state index >= 15 is 0 Å². The van der Waals surface area contributed by atoms with E-state index in [9.17, 15) is 4.79 Å². The molecule has 2 aliphatic rings. The van der Waals surface area contributed by atoms with Gasteiger partial charge in [-0.1, -0.05) is 5.11 Å². The number of azide groups is 1. The summed E-state index contributed by atoms with van der Waals surface area (Å²) < 4.78 is 10.8. The van der Waals surface area contributed by atoms with E-state index in [0.717, 1.165) is 11.5 Å². The van der Waals surface area contributed by atoms with Crippen LogP contribution in [0.3, 0.4) is 0 Å². The third kappa shape index (κ3) is 2.04. The molecule has 2 heterocycles. The van der Waals surface area contributed by atoms with Gasteiger partial charge in [-0.15, -0.1) is 0 Å². The topological polar surface area (TPSA) is 84.3 Å². The first-order chi connectivity index (χ1) is 7.22. The van der Waals surface area contributed by atoms with Crippen molar-refractivity contribution in [2.24, 2.45) is 5.11 Å². The molecule has 7 heteroatoms. The summed E-state index contributed by atoms with van der Waals surface area (Å²) in [6.45, 7) is 1.35. The zero-order chi connectivity index (χ0) is 10.8. The van der Waals surface area contributed by atoms with E-state index in [0.29, 0.717) is 0 Å². The van der Waals surface area contributed by atoms with Gasteiger partial charge in [0.1, 0.15) is 18.2 Å². The lowest BCUT2D eigenvalue weighted by Gasteiger charge is -2.20. The first kappa shape index (κ1) is 10.6. The van der Waals surface area contributed by atoms with Crippen LogP contribution in [0, 0.1) is 0 Å². The van der Waals surface area contributed by atoms with Crippen LogP contribution in [-0.4, -0.2) is 41.8 Å². The van der Waals surface area contributed by atoms with Gasteiger partial charge in [-0.25, -0.2) is 0 Å². The molecule has 0 aromatic heterocycles. The third-order valence-electron chi connectivity index (χ3n) is 2.48. The van der Waals surface area contributed by atoms with Crippen LogP contribution in [0.1, 0.15) is 6.92 Å². The largest absolute Gasteiger partial charge is 0.459 e. The third-order valence-corrected chi connectivity index (χ3v) is 3.61. The summed E-state index contributed by atoms with van der Waals surface area (Å²) in [7, 11) is 0. The van der Waals surface area contributed by atoms with Crippen LogP contribution >= 0.6 is 11.8 Å². The summed E-state index contributed by atoms with van der Waals surface area (Å²) in [6, 6.07) is -0.376. The number of ether oxygens (including phenoxy) is 2. The standard InChI is InChI=1S/C8H11N3O3S/c1-4(12)13-8-6-3-15-2-5(14-6)7(8)10-11-9/h5-8H,2-3H2,1H3/t5-,6+,7-,8-/m1/s1. The van der Waals surface area contributed by atoms with E-state index in [1.54, 1.807) is 11.8 Å². The van der Waals surface area contributed by atoms with Crippen LogP contribution in [-0.2, 0) is 14.3 Å². The highest BCUT2D eigenvalue weighted by atomic mass is 32.2. The molecule has 0 aromatic rings. The zero-order valence-electron chi connectivity index (χ0n) is 8.20. The average Bonchev–Trinajstić information content (AvgIpc) is 2.42. The van der Waals surface area contributed by atoms with Crippen molar-refractivity contribution >= 4 is 17.7 Å². The minimum absolute atomic E-state index is 0.117. The van der Waals surface area contributed by atoms with Crippen molar-refractivity contribution in [1.29, 1.82) is 0 Å². The fraction of sp³-hybridized carbons (Fsp3) is 0.875. The van der Waals surface area contributed by atoms with E-state index in [-0.39, 0.29) is 24.2 Å². The van der Waals surface area contributed by atoms with Crippen LogP contribution in [0.2, 0.25) is 0 Å². The Morgan fingerprint density at radius 2 is 2.33 bits per heavy atom. The zero-order valence-corrected chi connectivity index (χ0v) is 9.01. The van der Waals surface area contributed by atoms with Crippen LogP contribution in [0.25, 0.3) is 10.4 Å². The molecule has 0 amide bonds. The summed E-state index contributed by atoms with van der Waals surface area (Å²) in [5.74, 6) is 1.21. The summed E-state index contributed by atoms with van der Waals surface area (Å²) in [5, 5.41) is 3.67. The molecule has 6 nitrogen and oxygen atoms in total. The van der Waals surface area contributed by atoms with E-state index in [1.807, 2.05) is 0 Å². The minimum Gasteiger partial charge on any atom is -0.459 e. The molecular weight excluding hydrogens is 218 g/mol. The second-order valence-corrected chi connectivity index (χ2v) is 4.59. The first-order valence-electron chi connectivity index (χ1n) is 4.67. The Kier molecular flexibility index (Phi) is 3.04. The molecule has 4 atom stereocenters. The molecule has 2 rings (SSSR count). The number of hydrogen-bond donors (Lipinski definition) is 0. The quantitative estimate of drug-likeness (QED) is 0.307. The van der Waals surface area contributed by atoms with Crippen molar-refractivity contribution < 1.29 is 14.3 Å². The van der Waals surface area contributed by atoms with E-state index < -0.39 is 6.10 Å². The second kappa shape index (κ2) is 4.30. The fourth-order valence-electron chi connectivity index (χ4n) is 1.92. The lowest BCUT2D eigenvalue weighted by molar-refractivity contribution is -0.148. The normalized spacial score (nSPS) is 38.2. The van der Waals surface area contributed by atoms with Gasteiger partial charge in [0.05, 0.1) is 6.10 Å². The number of esters is 1. The average molecular weight is 229 g/mol. The predicted octanol–water partition coefficient (Wildman–Crippen LogP) is 1.11. The number of hydrogen-bond acceptors (Lipinski definition) is 5. The first-order valence-corrected chi connectivity index (χ1v) is 5.82. The molecule has 0 radical (unpaired) electrons. The summed E-state index contributed by atoms with van der Waals surface area (Å²) in [5.41, 5.74) is 8.45. The molecule has 2 aliphatic heterocycles. The maximum Gasteiger partial charge on any atom is 0.303 e. The van der Waals surface area contributed by atoms with Crippen LogP contribution in [0.5, 0.6) is 0 Å². The number of carbonyl (C=O) groups is 1. The molecule has 0 spiro atoms. The van der Waals surface area contributed by atoms with Gasteiger partial charge in [0.25, 0.3) is 0 Å². The van der Waals surface area contributed by atoms with Crippen molar-refractivity contribution in [3.8, 4) is 0 Å². The number of rotatable bonds is 2. The molecular formula is C8H11N3O3S. The Balaban J connectivity index is 2.17. The summed E-state index contributed by atoms with van der Waals surface area (Å²) >= 11 is 1.73. The van der Waals surface area contributed by atoms with E-state index in [1.165, 1.54) is 6.92 Å². The van der Waals surface area contributed by atoms with Gasteiger partial charge in [0.15, 0.2) is 0 Å². The number of nitrogens with zero attached hydrogens (tertiary/aromatic N) is 3. The van der Waals surface area contributed by atoms with Gasteiger partial charge < -0.3 is 9.47 Å². The number of carbonyl (C=O) groups excluding carboxylic acids is 1. The molecule has 2 bridgehead atoms. The SMILES string of the molecule is CC(=O)O[C@H]1[C@H](N=[N+]=[N-])[C@H]2CSC[C@@H]1O2. The van der Waals surface area contributed by atoms with Gasteiger partial charge in [-0.3, -0.25) is 4.79 Å². The maximum absolute atomic E-state index is 10.9. The van der Waals surface area contributed by atoms with Gasteiger partial charge in [-0.05, 0) is 5.53 Å². The van der Waals surface area contributed by atoms with E-state index in [2.05, 4.69) is 10.0 Å². The van der Waals surface area contributed by atoms with Crippen molar-refractivity contribution in [3.63, 3.8) is 0 Å². The molecule has 0 saturated carbocycles. The van der Waals surface area contributed by atoms with Gasteiger partial charge in [-0.2, -0.15) is 11.8 Å². The Morgan fingerprint density at radius 1 is 1.60 bits per heavy atom. The van der Waals surface area contributed by atoms with Crippen molar-refractivity contribution in [3.05, 3.63) is 10.4 Å². The Labute approximate surface area is 90.9 Å². The van der Waals surface area contributed by atoms with E-state index in [4.69, 9.17) is 15.0 Å². The monoisotopic (exact) mass is 229 g/mol. The van der Waals surface area contributed by atoms with Crippen LogP contribution in [0.15, 0.2) is 5.11 Å². The Hall–Kier alpha value is -0.910. The van der Waals surface area contributed by atoms with Crippen molar-refractivity contribution in [2.75, 3.05) is 11.5 Å². The highest BCUT2D eigenvalue weighted by molar-refractivity contribution is 7.99. The molecule has 0 aliphatic carbocycles. The van der Waals surface area contributed by atoms with Gasteiger partial charge >= 0.3 is 5.97 Å². The summed E-state index contributed by atoms with van der Waals surface area (Å²) in [4.78, 5) is 13.7. The number of fused-ring (bicyclic) bond motifs is 2. The summed E-state index contributed by atoms with van der Waals surface area (Å²) in [6.07, 6.45) is -0.666. The Bertz CT molecular complexity index is 318. The molecule has 0 aromatic carbocycles. The molecule has 0 unspecified atom stereocenters. The minimum atomic E-state index is -0.418. The molecule has 82 valence electrons. The predicted molar refractivity (Wildman–Crippen MR) is 54.5 cm³/mol. The smallest absolute Gasteiger partial charge is 0.303 e. The molecule has 15 heavy (non-hydrogen) atoms.